The maximum absolute atomic E-state index is 12.5. The highest BCUT2D eigenvalue weighted by atomic mass is 32.2. The summed E-state index contributed by atoms with van der Waals surface area (Å²) in [6.45, 7) is 0. The van der Waals surface area contributed by atoms with Crippen LogP contribution in [0.25, 0.3) is 22.9 Å². The van der Waals surface area contributed by atoms with Crippen molar-refractivity contribution in [2.75, 3.05) is 0 Å². The van der Waals surface area contributed by atoms with Crippen LogP contribution in [0.4, 0.5) is 39.8 Å². The molecule has 0 saturated carbocycles. The molecule has 26 heteroatoms. The molecule has 0 heterocycles. The van der Waals surface area contributed by atoms with Crippen molar-refractivity contribution in [1.82, 2.24) is 0 Å². The molecule has 6 aromatic rings. The Morgan fingerprint density at radius 2 is 0.903 bits per heavy atom. The fourth-order valence-corrected chi connectivity index (χ4v) is 8.02. The monoisotopic (exact) mass is 923 g/mol. The summed E-state index contributed by atoms with van der Waals surface area (Å²) in [5.41, 5.74) is -1.51. The van der Waals surface area contributed by atoms with Crippen molar-refractivity contribution in [3.63, 3.8) is 0 Å². The Bertz CT molecular complexity index is 3400. The Morgan fingerprint density at radius 1 is 0.452 bits per heavy atom. The molecule has 0 bridgehead atoms. The van der Waals surface area contributed by atoms with Crippen molar-refractivity contribution in [3.05, 3.63) is 130 Å². The summed E-state index contributed by atoms with van der Waals surface area (Å²) >= 11 is 0. The minimum Gasteiger partial charge on any atom is -0.508 e. The Kier molecular flexibility index (Phi) is 12.3. The third-order valence-electron chi connectivity index (χ3n) is 8.33. The number of rotatable bonds is 13. The Morgan fingerprint density at radius 3 is 1.47 bits per heavy atom. The maximum atomic E-state index is 12.5. The molecule has 0 aliphatic rings. The van der Waals surface area contributed by atoms with Gasteiger partial charge in [0.25, 0.3) is 46.2 Å². The van der Waals surface area contributed by atoms with Gasteiger partial charge in [-0.25, -0.2) is 0 Å². The zero-order valence-electron chi connectivity index (χ0n) is 30.6. The van der Waals surface area contributed by atoms with Gasteiger partial charge in [0, 0.05) is 22.9 Å². The van der Waals surface area contributed by atoms with E-state index in [1.54, 1.807) is 0 Å². The van der Waals surface area contributed by atoms with E-state index in [9.17, 15) is 67.1 Å². The molecule has 6 rings (SSSR count). The molecule has 0 radical (unpaired) electrons. The van der Waals surface area contributed by atoms with Gasteiger partial charge in [-0.1, -0.05) is 24.3 Å². The third-order valence-corrected chi connectivity index (χ3v) is 11.9. The fraction of sp³-hybridized carbons (Fsp3) is 0. The Labute approximate surface area is 350 Å². The molecular weight excluding hydrogens is 899 g/mol. The predicted octanol–water partition coefficient (Wildman–Crippen LogP) is 8.86. The number of hydrogen-bond acceptors (Lipinski definition) is 17. The van der Waals surface area contributed by atoms with Gasteiger partial charge >= 0.3 is 0 Å². The normalized spacial score (nSPS) is 13.0. The quantitative estimate of drug-likeness (QED) is 0.0237. The Balaban J connectivity index is 1.33. The molecule has 0 amide bonds. The molecule has 0 aromatic heterocycles. The number of hydrogen-bond donors (Lipinski definition) is 5. The molecule has 62 heavy (non-hydrogen) atoms. The van der Waals surface area contributed by atoms with Gasteiger partial charge in [0.1, 0.15) is 26.1 Å². The van der Waals surface area contributed by atoms with E-state index < -0.39 is 76.4 Å². The molecule has 0 atom stereocenters. The zero-order chi connectivity index (χ0) is 45.2. The summed E-state index contributed by atoms with van der Waals surface area (Å²) in [5, 5.41) is 45.0. The van der Waals surface area contributed by atoms with E-state index in [0.717, 1.165) is 60.7 Å². The van der Waals surface area contributed by atoms with Crippen LogP contribution in [-0.2, 0) is 40.5 Å². The van der Waals surface area contributed by atoms with Gasteiger partial charge in [-0.05, 0) is 96.1 Å². The summed E-state index contributed by atoms with van der Waals surface area (Å²) in [5.74, 6) is -0.00256. The van der Waals surface area contributed by atoms with Crippen molar-refractivity contribution in [1.29, 1.82) is 0 Å². The first-order valence-corrected chi connectivity index (χ1v) is 22.5. The summed E-state index contributed by atoms with van der Waals surface area (Å²) < 4.78 is 137. The topological polar surface area (TPSA) is 355 Å². The fourth-order valence-electron chi connectivity index (χ4n) is 5.46. The highest BCUT2D eigenvalue weighted by Crippen LogP contribution is 2.38. The molecule has 22 nitrogen and oxygen atoms in total. The SMILES string of the molecule is O=[N+]([O-])c1ccc(/C=C/c2ccc(N=Nc3ccc(N=Nc4ccc(N=Nc5ccc(O)cc5)c5ccc(S(=O)(=O)O)cc45)c(S(=O)(=O)O)c3)cc2S(=O)(=O)O)c(S(=O)(=O)O)c1. The van der Waals surface area contributed by atoms with Crippen LogP contribution < -0.4 is 0 Å². The number of aromatic hydroxyl groups is 1. The number of fused-ring (bicyclic) bond motifs is 1. The summed E-state index contributed by atoms with van der Waals surface area (Å²) in [6, 6.07) is 20.8. The van der Waals surface area contributed by atoms with E-state index >= 15 is 0 Å². The lowest BCUT2D eigenvalue weighted by atomic mass is 10.1. The summed E-state index contributed by atoms with van der Waals surface area (Å²) in [7, 11) is -19.8. The zero-order valence-corrected chi connectivity index (χ0v) is 33.9. The molecule has 5 N–H and O–H groups in total. The molecular formula is C36H25N7O15S4. The number of azo groups is 3. The van der Waals surface area contributed by atoms with E-state index in [2.05, 4.69) is 30.7 Å². The molecule has 0 unspecified atom stereocenters. The van der Waals surface area contributed by atoms with Gasteiger partial charge in [0.05, 0.1) is 38.3 Å². The highest BCUT2D eigenvalue weighted by molar-refractivity contribution is 7.86. The first-order chi connectivity index (χ1) is 29.0. The minimum absolute atomic E-state index is 0.00256. The average Bonchev–Trinajstić information content (AvgIpc) is 3.20. The first-order valence-electron chi connectivity index (χ1n) is 16.7. The van der Waals surface area contributed by atoms with Crippen molar-refractivity contribution >= 4 is 103 Å². The number of non-ortho nitro benzene ring substituents is 1. The van der Waals surface area contributed by atoms with E-state index in [4.69, 9.17) is 0 Å². The van der Waals surface area contributed by atoms with Crippen LogP contribution in [0.5, 0.6) is 5.75 Å². The molecule has 0 fully saturated rings. The molecule has 318 valence electrons. The number of nitro benzene ring substituents is 1. The highest BCUT2D eigenvalue weighted by Gasteiger charge is 2.21. The summed E-state index contributed by atoms with van der Waals surface area (Å²) in [6.07, 6.45) is 2.04. The number of nitrogens with zero attached hydrogens (tertiary/aromatic N) is 7. The Hall–Kier alpha value is -7.04. The van der Waals surface area contributed by atoms with Gasteiger partial charge in [-0.3, -0.25) is 28.3 Å². The summed E-state index contributed by atoms with van der Waals surface area (Å²) in [4.78, 5) is 7.24. The van der Waals surface area contributed by atoms with E-state index in [1.807, 2.05) is 0 Å². The second kappa shape index (κ2) is 17.1. The smallest absolute Gasteiger partial charge is 0.296 e. The number of nitro groups is 1. The van der Waals surface area contributed by atoms with Crippen molar-refractivity contribution < 1.29 is 61.9 Å². The van der Waals surface area contributed by atoms with Crippen LogP contribution in [0, 0.1) is 10.1 Å². The second-order valence-corrected chi connectivity index (χ2v) is 18.1. The molecule has 0 aliphatic carbocycles. The van der Waals surface area contributed by atoms with Crippen molar-refractivity contribution in [2.24, 2.45) is 30.7 Å². The number of benzene rings is 6. The van der Waals surface area contributed by atoms with Gasteiger partial charge in [-0.2, -0.15) is 49.0 Å². The number of phenols is 1. The van der Waals surface area contributed by atoms with Crippen LogP contribution in [-0.4, -0.2) is 61.9 Å². The van der Waals surface area contributed by atoms with Gasteiger partial charge in [-0.15, -0.1) is 15.3 Å². The van der Waals surface area contributed by atoms with Gasteiger partial charge in [0.2, 0.25) is 0 Å². The van der Waals surface area contributed by atoms with Crippen LogP contribution in [0.1, 0.15) is 11.1 Å². The number of phenolic OH excluding ortho intramolecular Hbond substituents is 1. The maximum Gasteiger partial charge on any atom is 0.296 e. The van der Waals surface area contributed by atoms with Crippen LogP contribution >= 0.6 is 0 Å². The largest absolute Gasteiger partial charge is 0.508 e. The van der Waals surface area contributed by atoms with Gasteiger partial charge in [0.15, 0.2) is 0 Å². The lowest BCUT2D eigenvalue weighted by molar-refractivity contribution is -0.385. The minimum atomic E-state index is -5.05. The molecule has 0 saturated heterocycles. The van der Waals surface area contributed by atoms with E-state index in [-0.39, 0.29) is 50.4 Å². The van der Waals surface area contributed by atoms with E-state index in [1.165, 1.54) is 54.6 Å². The second-order valence-electron chi connectivity index (χ2n) is 12.5. The van der Waals surface area contributed by atoms with Crippen molar-refractivity contribution in [3.8, 4) is 5.75 Å². The van der Waals surface area contributed by atoms with Crippen LogP contribution in [0.2, 0.25) is 0 Å². The van der Waals surface area contributed by atoms with Crippen LogP contribution in [0.15, 0.2) is 159 Å². The molecule has 0 spiro atoms. The lowest BCUT2D eigenvalue weighted by Gasteiger charge is -2.07. The molecule has 0 aliphatic heterocycles. The average molecular weight is 924 g/mol. The van der Waals surface area contributed by atoms with Crippen molar-refractivity contribution in [2.45, 2.75) is 19.6 Å². The standard InChI is InChI=1S/C36H25N7O15S4/c44-27-10-6-23(7-11-27)37-40-31-15-16-32(30-20-28(59(47,48)49)12-13-29(30)31)41-42-33-14-8-25(18-36(33)62(56,57)58)39-38-24-5-3-21(34(17-24)60(50,51)52)1-2-22-4-9-26(43(45)46)19-35(22)61(53,54)55/h1-20,44H,(H,47,48,49)(H,50,51,52)(H,53,54,55)(H,56,57,58)/b2-1+,39-38?,40-37?,42-41?. The predicted molar refractivity (Wildman–Crippen MR) is 219 cm³/mol. The van der Waals surface area contributed by atoms with Gasteiger partial charge < -0.3 is 5.11 Å². The third kappa shape index (κ3) is 10.6. The lowest BCUT2D eigenvalue weighted by Crippen LogP contribution is -2.02. The molecule has 6 aromatic carbocycles. The van der Waals surface area contributed by atoms with Crippen LogP contribution in [0.3, 0.4) is 0 Å². The first kappa shape index (κ1) is 44.5. The van der Waals surface area contributed by atoms with E-state index in [0.29, 0.717) is 11.8 Å².